The second-order valence-corrected chi connectivity index (χ2v) is 6.66. The van der Waals surface area contributed by atoms with Gasteiger partial charge in [0.05, 0.1) is 20.3 Å². The first kappa shape index (κ1) is 20.3. The van der Waals surface area contributed by atoms with Crippen LogP contribution in [0.4, 0.5) is 0 Å². The summed E-state index contributed by atoms with van der Waals surface area (Å²) in [5.74, 6) is 1.78. The Balaban J connectivity index is 1.73. The molecule has 1 fully saturated rings. The number of carbonyl (C=O) groups excluding carboxylic acids is 1. The molecule has 1 saturated heterocycles. The molecule has 0 radical (unpaired) electrons. The Labute approximate surface area is 170 Å². The van der Waals surface area contributed by atoms with Crippen LogP contribution in [0.15, 0.2) is 48.5 Å². The van der Waals surface area contributed by atoms with E-state index in [0.717, 1.165) is 36.3 Å². The van der Waals surface area contributed by atoms with Crippen molar-refractivity contribution in [1.82, 2.24) is 4.90 Å². The summed E-state index contributed by atoms with van der Waals surface area (Å²) in [6, 6.07) is 15.2. The number of ether oxygens (including phenoxy) is 3. The highest BCUT2D eigenvalue weighted by Crippen LogP contribution is 2.34. The molecule has 0 aliphatic carbocycles. The predicted octanol–water partition coefficient (Wildman–Crippen LogP) is 3.98. The zero-order valence-electron chi connectivity index (χ0n) is 16.6. The highest BCUT2D eigenvalue weighted by atomic mass is 16.5. The van der Waals surface area contributed by atoms with Gasteiger partial charge in [-0.3, -0.25) is 4.79 Å². The average Bonchev–Trinajstić information content (AvgIpc) is 3.26. The molecule has 1 atom stereocenters. The lowest BCUT2D eigenvalue weighted by Crippen LogP contribution is -2.28. The standard InChI is InChI=1S/C23H24N2O4/c1-27-19-6-3-5-18(16-19)20-7-4-13-25(20)23(26)11-9-17-8-10-21(29-14-12-24)22(15-17)28-2/h3,5-6,8-11,15-16,20H,4,7,13-14H2,1-2H3/b11-9+. The van der Waals surface area contributed by atoms with Crippen molar-refractivity contribution in [2.24, 2.45) is 0 Å². The molecule has 0 spiro atoms. The van der Waals surface area contributed by atoms with Crippen molar-refractivity contribution in [3.8, 4) is 23.3 Å². The lowest BCUT2D eigenvalue weighted by molar-refractivity contribution is -0.126. The van der Waals surface area contributed by atoms with Crippen molar-refractivity contribution in [2.75, 3.05) is 27.4 Å². The van der Waals surface area contributed by atoms with Crippen LogP contribution in [-0.2, 0) is 4.79 Å². The van der Waals surface area contributed by atoms with Crippen LogP contribution in [-0.4, -0.2) is 38.2 Å². The average molecular weight is 392 g/mol. The summed E-state index contributed by atoms with van der Waals surface area (Å²) in [6.07, 6.45) is 5.26. The SMILES string of the molecule is COc1cccc(C2CCCN2C(=O)/C=C/c2ccc(OCC#N)c(OC)c2)c1. The summed E-state index contributed by atoms with van der Waals surface area (Å²) < 4.78 is 16.0. The van der Waals surface area contributed by atoms with Crippen LogP contribution < -0.4 is 14.2 Å². The van der Waals surface area contributed by atoms with Crippen molar-refractivity contribution in [3.05, 3.63) is 59.7 Å². The number of methoxy groups -OCH3 is 2. The van der Waals surface area contributed by atoms with E-state index in [1.807, 2.05) is 41.3 Å². The van der Waals surface area contributed by atoms with Gasteiger partial charge >= 0.3 is 0 Å². The van der Waals surface area contributed by atoms with Gasteiger partial charge in [0.1, 0.15) is 11.8 Å². The lowest BCUT2D eigenvalue weighted by Gasteiger charge is -2.24. The van der Waals surface area contributed by atoms with Gasteiger partial charge in [0.2, 0.25) is 5.91 Å². The highest BCUT2D eigenvalue weighted by Gasteiger charge is 2.28. The monoisotopic (exact) mass is 392 g/mol. The molecule has 1 aliphatic heterocycles. The highest BCUT2D eigenvalue weighted by molar-refractivity contribution is 5.92. The molecule has 0 saturated carbocycles. The Morgan fingerprint density at radius 3 is 2.83 bits per heavy atom. The summed E-state index contributed by atoms with van der Waals surface area (Å²) in [5.41, 5.74) is 1.90. The number of carbonyl (C=O) groups is 1. The number of hydrogen-bond acceptors (Lipinski definition) is 5. The van der Waals surface area contributed by atoms with Gasteiger partial charge in [0, 0.05) is 12.6 Å². The molecular weight excluding hydrogens is 368 g/mol. The molecule has 0 N–H and O–H groups in total. The molecular formula is C23H24N2O4. The minimum absolute atomic E-state index is 0.0286. The van der Waals surface area contributed by atoms with Crippen LogP contribution in [0.3, 0.4) is 0 Å². The zero-order chi connectivity index (χ0) is 20.6. The number of hydrogen-bond donors (Lipinski definition) is 0. The fraction of sp³-hybridized carbons (Fsp3) is 0.304. The molecule has 2 aromatic carbocycles. The predicted molar refractivity (Wildman–Crippen MR) is 110 cm³/mol. The Morgan fingerprint density at radius 1 is 1.21 bits per heavy atom. The van der Waals surface area contributed by atoms with Gasteiger partial charge in [-0.25, -0.2) is 0 Å². The van der Waals surface area contributed by atoms with Crippen molar-refractivity contribution in [1.29, 1.82) is 5.26 Å². The first-order chi connectivity index (χ1) is 14.2. The minimum Gasteiger partial charge on any atom is -0.497 e. The van der Waals surface area contributed by atoms with Crippen molar-refractivity contribution in [2.45, 2.75) is 18.9 Å². The molecule has 1 heterocycles. The van der Waals surface area contributed by atoms with E-state index in [1.54, 1.807) is 31.4 Å². The number of benzene rings is 2. The van der Waals surface area contributed by atoms with E-state index in [-0.39, 0.29) is 18.6 Å². The summed E-state index contributed by atoms with van der Waals surface area (Å²) in [4.78, 5) is 14.7. The van der Waals surface area contributed by atoms with Gasteiger partial charge in [0.15, 0.2) is 18.1 Å². The van der Waals surface area contributed by atoms with E-state index in [0.29, 0.717) is 11.5 Å². The number of likely N-dealkylation sites (tertiary alicyclic amines) is 1. The van der Waals surface area contributed by atoms with E-state index < -0.39 is 0 Å². The van der Waals surface area contributed by atoms with Crippen LogP contribution in [0.5, 0.6) is 17.2 Å². The van der Waals surface area contributed by atoms with E-state index in [9.17, 15) is 4.79 Å². The Bertz CT molecular complexity index is 933. The second kappa shape index (κ2) is 9.65. The summed E-state index contributed by atoms with van der Waals surface area (Å²) >= 11 is 0. The number of rotatable bonds is 7. The van der Waals surface area contributed by atoms with Crippen LogP contribution >= 0.6 is 0 Å². The summed E-state index contributed by atoms with van der Waals surface area (Å²) in [5, 5.41) is 8.65. The third kappa shape index (κ3) is 4.88. The molecule has 0 bridgehead atoms. The van der Waals surface area contributed by atoms with Gasteiger partial charge in [-0.05, 0) is 54.3 Å². The maximum Gasteiger partial charge on any atom is 0.247 e. The maximum absolute atomic E-state index is 12.8. The topological polar surface area (TPSA) is 71.8 Å². The van der Waals surface area contributed by atoms with Crippen molar-refractivity contribution in [3.63, 3.8) is 0 Å². The minimum atomic E-state index is -0.0509. The molecule has 6 nitrogen and oxygen atoms in total. The summed E-state index contributed by atoms with van der Waals surface area (Å²) in [7, 11) is 3.18. The van der Waals surface area contributed by atoms with Crippen LogP contribution in [0.2, 0.25) is 0 Å². The third-order valence-corrected chi connectivity index (χ3v) is 4.91. The fourth-order valence-electron chi connectivity index (χ4n) is 3.51. The van der Waals surface area contributed by atoms with E-state index in [1.165, 1.54) is 7.11 Å². The first-order valence-corrected chi connectivity index (χ1v) is 9.46. The molecule has 6 heteroatoms. The molecule has 1 amide bonds. The van der Waals surface area contributed by atoms with E-state index >= 15 is 0 Å². The van der Waals surface area contributed by atoms with Crippen molar-refractivity contribution >= 4 is 12.0 Å². The molecule has 0 aromatic heterocycles. The quantitative estimate of drug-likeness (QED) is 0.667. The van der Waals surface area contributed by atoms with Crippen molar-refractivity contribution < 1.29 is 19.0 Å². The Kier molecular flexibility index (Phi) is 6.75. The Hall–Kier alpha value is -3.46. The molecule has 150 valence electrons. The Morgan fingerprint density at radius 2 is 2.07 bits per heavy atom. The first-order valence-electron chi connectivity index (χ1n) is 9.46. The van der Waals surface area contributed by atoms with Gasteiger partial charge < -0.3 is 19.1 Å². The van der Waals surface area contributed by atoms with Crippen LogP contribution in [0, 0.1) is 11.3 Å². The van der Waals surface area contributed by atoms with Gasteiger partial charge in [0.25, 0.3) is 0 Å². The molecule has 1 unspecified atom stereocenters. The molecule has 2 aromatic rings. The molecule has 29 heavy (non-hydrogen) atoms. The fourth-order valence-corrected chi connectivity index (χ4v) is 3.51. The normalized spacial score (nSPS) is 15.9. The van der Waals surface area contributed by atoms with Crippen LogP contribution in [0.25, 0.3) is 6.08 Å². The van der Waals surface area contributed by atoms with Gasteiger partial charge in [-0.1, -0.05) is 18.2 Å². The molecule has 3 rings (SSSR count). The van der Waals surface area contributed by atoms with Crippen LogP contribution in [0.1, 0.15) is 30.0 Å². The second-order valence-electron chi connectivity index (χ2n) is 6.66. The smallest absolute Gasteiger partial charge is 0.247 e. The number of nitrogens with zero attached hydrogens (tertiary/aromatic N) is 2. The third-order valence-electron chi connectivity index (χ3n) is 4.91. The zero-order valence-corrected chi connectivity index (χ0v) is 16.6. The van der Waals surface area contributed by atoms with E-state index in [4.69, 9.17) is 19.5 Å². The number of nitriles is 1. The van der Waals surface area contributed by atoms with E-state index in [2.05, 4.69) is 0 Å². The van der Waals surface area contributed by atoms with Gasteiger partial charge in [-0.2, -0.15) is 5.26 Å². The van der Waals surface area contributed by atoms with Gasteiger partial charge in [-0.15, -0.1) is 0 Å². The molecule has 1 aliphatic rings. The maximum atomic E-state index is 12.8. The largest absolute Gasteiger partial charge is 0.497 e. The number of amides is 1. The lowest BCUT2D eigenvalue weighted by atomic mass is 10.0. The summed E-state index contributed by atoms with van der Waals surface area (Å²) in [6.45, 7) is 0.681.